The highest BCUT2D eigenvalue weighted by Gasteiger charge is 1.99. The summed E-state index contributed by atoms with van der Waals surface area (Å²) in [5.74, 6) is 0.591. The summed E-state index contributed by atoms with van der Waals surface area (Å²) in [6.45, 7) is 2.14. The van der Waals surface area contributed by atoms with Crippen LogP contribution in [0.3, 0.4) is 0 Å². The van der Waals surface area contributed by atoms with Gasteiger partial charge in [-0.15, -0.1) is 0 Å². The first-order valence-corrected chi connectivity index (χ1v) is 4.56. The van der Waals surface area contributed by atoms with Gasteiger partial charge in [0.2, 0.25) is 5.89 Å². The number of aryl methyl sites for hydroxylation is 1. The molecule has 4 heteroatoms. The highest BCUT2D eigenvalue weighted by Crippen LogP contribution is 2.02. The molecule has 0 fully saturated rings. The molecule has 0 N–H and O–H groups in total. The Bertz CT molecular complexity index is 253. The van der Waals surface area contributed by atoms with E-state index in [1.54, 1.807) is 0 Å². The fourth-order valence-corrected chi connectivity index (χ4v) is 1.28. The topological polar surface area (TPSA) is 43.1 Å². The smallest absolute Gasteiger partial charge is 0.399 e. The van der Waals surface area contributed by atoms with Gasteiger partial charge in [0.1, 0.15) is 0 Å². The van der Waals surface area contributed by atoms with E-state index in [-0.39, 0.29) is 4.94 Å². The molecular formula is C7H11NO2S. The van der Waals surface area contributed by atoms with E-state index in [4.69, 9.17) is 4.42 Å². The molecule has 1 aromatic rings. The average Bonchev–Trinajstić information content (AvgIpc) is 2.37. The van der Waals surface area contributed by atoms with Crippen LogP contribution < -0.4 is 4.94 Å². The Labute approximate surface area is 69.2 Å². The third kappa shape index (κ3) is 2.84. The maximum atomic E-state index is 10.5. The summed E-state index contributed by atoms with van der Waals surface area (Å²) in [5.41, 5.74) is 0. The van der Waals surface area contributed by atoms with Crippen LogP contribution in [0.15, 0.2) is 9.21 Å². The maximum Gasteiger partial charge on any atom is 0.414 e. The van der Waals surface area contributed by atoms with Gasteiger partial charge < -0.3 is 4.42 Å². The molecule has 0 atom stereocenters. The highest BCUT2D eigenvalue weighted by atomic mass is 32.1. The normalized spacial score (nSPS) is 10.3. The van der Waals surface area contributed by atoms with Gasteiger partial charge in [0.05, 0.1) is 0 Å². The molecule has 0 aliphatic carbocycles. The van der Waals surface area contributed by atoms with Gasteiger partial charge in [-0.3, -0.25) is 0 Å². The van der Waals surface area contributed by atoms with E-state index >= 15 is 0 Å². The van der Waals surface area contributed by atoms with Crippen molar-refractivity contribution < 1.29 is 4.42 Å². The molecule has 0 aliphatic heterocycles. The quantitative estimate of drug-likeness (QED) is 0.652. The number of unbranched alkanes of at least 4 members (excludes halogenated alkanes) is 2. The van der Waals surface area contributed by atoms with E-state index in [1.807, 2.05) is 0 Å². The first kappa shape index (κ1) is 8.46. The predicted octanol–water partition coefficient (Wildman–Crippen LogP) is 1.83. The van der Waals surface area contributed by atoms with E-state index in [0.717, 1.165) is 24.4 Å². The van der Waals surface area contributed by atoms with Crippen molar-refractivity contribution in [2.45, 2.75) is 32.6 Å². The molecule has 1 heterocycles. The van der Waals surface area contributed by atoms with Gasteiger partial charge in [-0.1, -0.05) is 19.8 Å². The summed E-state index contributed by atoms with van der Waals surface area (Å²) in [6, 6.07) is 0. The van der Waals surface area contributed by atoms with Crippen molar-refractivity contribution in [1.29, 1.82) is 0 Å². The van der Waals surface area contributed by atoms with Gasteiger partial charge >= 0.3 is 4.94 Å². The number of rotatable bonds is 4. The lowest BCUT2D eigenvalue weighted by molar-refractivity contribution is 0.458. The summed E-state index contributed by atoms with van der Waals surface area (Å²) in [4.78, 5) is 10.2. The third-order valence-corrected chi connectivity index (χ3v) is 1.94. The lowest BCUT2D eigenvalue weighted by atomic mass is 10.2. The van der Waals surface area contributed by atoms with Gasteiger partial charge in [0.15, 0.2) is 0 Å². The van der Waals surface area contributed by atoms with Crippen LogP contribution in [0, 0.1) is 0 Å². The van der Waals surface area contributed by atoms with Crippen molar-refractivity contribution in [3.8, 4) is 0 Å². The molecule has 1 aromatic heterocycles. The van der Waals surface area contributed by atoms with Crippen molar-refractivity contribution in [1.82, 2.24) is 4.37 Å². The van der Waals surface area contributed by atoms with E-state index in [9.17, 15) is 4.79 Å². The summed E-state index contributed by atoms with van der Waals surface area (Å²) >= 11 is 0.890. The van der Waals surface area contributed by atoms with Crippen molar-refractivity contribution >= 4 is 11.5 Å². The van der Waals surface area contributed by atoms with Crippen molar-refractivity contribution in [3.05, 3.63) is 15.6 Å². The SMILES string of the molecule is CCCCCc1nsc(=O)o1. The second kappa shape index (κ2) is 4.28. The highest BCUT2D eigenvalue weighted by molar-refractivity contribution is 7.02. The van der Waals surface area contributed by atoms with Crippen molar-refractivity contribution in [2.24, 2.45) is 0 Å². The fraction of sp³-hybridized carbons (Fsp3) is 0.714. The second-order valence-corrected chi connectivity index (χ2v) is 3.08. The summed E-state index contributed by atoms with van der Waals surface area (Å²) in [6.07, 6.45) is 4.20. The lowest BCUT2D eigenvalue weighted by Crippen LogP contribution is -1.86. The third-order valence-electron chi connectivity index (χ3n) is 1.42. The van der Waals surface area contributed by atoms with Crippen LogP contribution in [0.5, 0.6) is 0 Å². The predicted molar refractivity (Wildman–Crippen MR) is 43.9 cm³/mol. The Kier molecular flexibility index (Phi) is 3.29. The number of hydrogen-bond acceptors (Lipinski definition) is 4. The van der Waals surface area contributed by atoms with Crippen LogP contribution in [0.25, 0.3) is 0 Å². The molecule has 0 bridgehead atoms. The molecular weight excluding hydrogens is 162 g/mol. The van der Waals surface area contributed by atoms with E-state index in [1.165, 1.54) is 12.8 Å². The van der Waals surface area contributed by atoms with Gasteiger partial charge in [-0.25, -0.2) is 4.79 Å². The van der Waals surface area contributed by atoms with Crippen LogP contribution in [0.4, 0.5) is 0 Å². The molecule has 1 rings (SSSR count). The van der Waals surface area contributed by atoms with Crippen LogP contribution in [0.1, 0.15) is 32.1 Å². The molecule has 0 aromatic carbocycles. The standard InChI is InChI=1S/C7H11NO2S/c1-2-3-4-5-6-8-11-7(9)10-6/h2-5H2,1H3. The fourth-order valence-electron chi connectivity index (χ4n) is 0.845. The first-order chi connectivity index (χ1) is 5.33. The van der Waals surface area contributed by atoms with E-state index in [2.05, 4.69) is 11.3 Å². The van der Waals surface area contributed by atoms with Gasteiger partial charge in [0.25, 0.3) is 0 Å². The van der Waals surface area contributed by atoms with Crippen LogP contribution >= 0.6 is 11.5 Å². The minimum absolute atomic E-state index is 0.295. The van der Waals surface area contributed by atoms with E-state index < -0.39 is 0 Å². The Morgan fingerprint density at radius 3 is 2.91 bits per heavy atom. The van der Waals surface area contributed by atoms with Crippen LogP contribution in [0.2, 0.25) is 0 Å². The Hall–Kier alpha value is -0.640. The maximum absolute atomic E-state index is 10.5. The molecule has 3 nitrogen and oxygen atoms in total. The average molecular weight is 173 g/mol. The molecule has 0 aliphatic rings. The van der Waals surface area contributed by atoms with Crippen molar-refractivity contribution in [2.75, 3.05) is 0 Å². The first-order valence-electron chi connectivity index (χ1n) is 3.78. The lowest BCUT2D eigenvalue weighted by Gasteiger charge is -1.90. The second-order valence-electron chi connectivity index (χ2n) is 2.39. The zero-order valence-electron chi connectivity index (χ0n) is 6.50. The molecule has 62 valence electrons. The molecule has 0 saturated carbocycles. The minimum atomic E-state index is -0.295. The van der Waals surface area contributed by atoms with Gasteiger partial charge in [-0.2, -0.15) is 4.37 Å². The Morgan fingerprint density at radius 2 is 2.36 bits per heavy atom. The largest absolute Gasteiger partial charge is 0.414 e. The van der Waals surface area contributed by atoms with Crippen LogP contribution in [-0.4, -0.2) is 4.37 Å². The zero-order chi connectivity index (χ0) is 8.10. The van der Waals surface area contributed by atoms with Gasteiger partial charge in [0, 0.05) is 18.0 Å². The summed E-state index contributed by atoms with van der Waals surface area (Å²) in [7, 11) is 0. The zero-order valence-corrected chi connectivity index (χ0v) is 7.32. The monoisotopic (exact) mass is 173 g/mol. The number of nitrogens with zero attached hydrogens (tertiary/aromatic N) is 1. The number of aromatic nitrogens is 1. The molecule has 0 radical (unpaired) electrons. The van der Waals surface area contributed by atoms with E-state index in [0.29, 0.717) is 5.89 Å². The molecule has 0 amide bonds. The molecule has 0 unspecified atom stereocenters. The number of hydrogen-bond donors (Lipinski definition) is 0. The molecule has 0 spiro atoms. The minimum Gasteiger partial charge on any atom is -0.399 e. The van der Waals surface area contributed by atoms with Gasteiger partial charge in [-0.05, 0) is 6.42 Å². The Balaban J connectivity index is 2.33. The Morgan fingerprint density at radius 1 is 1.55 bits per heavy atom. The van der Waals surface area contributed by atoms with Crippen LogP contribution in [-0.2, 0) is 6.42 Å². The summed E-state index contributed by atoms with van der Waals surface area (Å²) in [5, 5.41) is 0. The molecule has 0 saturated heterocycles. The molecule has 11 heavy (non-hydrogen) atoms. The summed E-state index contributed by atoms with van der Waals surface area (Å²) < 4.78 is 8.63. The van der Waals surface area contributed by atoms with Crippen molar-refractivity contribution in [3.63, 3.8) is 0 Å².